The molecule has 4 heterocycles. The summed E-state index contributed by atoms with van der Waals surface area (Å²) in [6.45, 7) is 2.69. The number of rotatable bonds is 14. The van der Waals surface area contributed by atoms with Crippen molar-refractivity contribution in [1.82, 2.24) is 20.1 Å². The summed E-state index contributed by atoms with van der Waals surface area (Å²) in [5.74, 6) is -3.77. The molecule has 1 fully saturated rings. The Bertz CT molecular complexity index is 2510. The number of esters is 2. The Morgan fingerprint density at radius 1 is 0.953 bits per heavy atom. The van der Waals surface area contributed by atoms with Crippen molar-refractivity contribution in [3.8, 4) is 0 Å². The number of allylic oxidation sites excluding steroid dienone is 1. The number of ketones is 1. The van der Waals surface area contributed by atoms with E-state index in [1.54, 1.807) is 71.0 Å². The number of carbonyl (C=O) groups excluding carboxylic acids is 6. The van der Waals surface area contributed by atoms with E-state index in [2.05, 4.69) is 22.0 Å². The van der Waals surface area contributed by atoms with Crippen LogP contribution in [0.2, 0.25) is 0 Å². The minimum absolute atomic E-state index is 0.0490. The number of pyridine rings is 2. The molecule has 3 aromatic rings. The fourth-order valence-corrected chi connectivity index (χ4v) is 7.52. The SMILES string of the molecule is C=CC1=C(C(=O)OC[n+]2cccc(C(=O)N(C)C)c2)C2C(=O)[C@@H](NC(=O)/C(=N/OCC(=O)OC[n+]3cccc(C(=O)N(C)C)c3)c3csc(N)n3)[C@H]2SC1.CS(=O)(=O)[O-].CS(=O)(=O)[O-]. The maximum atomic E-state index is 13.6. The molecule has 0 aromatic carbocycles. The zero-order chi connectivity index (χ0) is 48.1. The Morgan fingerprint density at radius 2 is 1.47 bits per heavy atom. The molecular formula is C37H44N8O15S4. The Kier molecular flexibility index (Phi) is 18.8. The predicted molar refractivity (Wildman–Crippen MR) is 226 cm³/mol. The second-order valence-electron chi connectivity index (χ2n) is 13.8. The van der Waals surface area contributed by atoms with Gasteiger partial charge in [0.05, 0.1) is 31.7 Å². The van der Waals surface area contributed by atoms with Crippen LogP contribution in [0.5, 0.6) is 0 Å². The number of oxime groups is 1. The van der Waals surface area contributed by atoms with Gasteiger partial charge in [0.25, 0.3) is 31.2 Å². The summed E-state index contributed by atoms with van der Waals surface area (Å²) in [5.41, 5.74) is 6.99. The molecule has 3 aromatic heterocycles. The molecule has 1 unspecified atom stereocenters. The first-order valence-corrected chi connectivity index (χ1v) is 23.6. The number of anilines is 1. The van der Waals surface area contributed by atoms with Crippen molar-refractivity contribution in [3.63, 3.8) is 0 Å². The fourth-order valence-electron chi connectivity index (χ4n) is 5.47. The van der Waals surface area contributed by atoms with E-state index in [4.69, 9.17) is 46.0 Å². The maximum Gasteiger partial charge on any atom is 0.351 e. The summed E-state index contributed by atoms with van der Waals surface area (Å²) in [5, 5.41) is 7.60. The number of nitrogens with two attached hydrogens (primary N) is 1. The smallest absolute Gasteiger partial charge is 0.351 e. The molecule has 64 heavy (non-hydrogen) atoms. The lowest BCUT2D eigenvalue weighted by Gasteiger charge is -2.46. The second-order valence-corrected chi connectivity index (χ2v) is 18.6. The molecule has 3 amide bonds. The van der Waals surface area contributed by atoms with Crippen molar-refractivity contribution in [1.29, 1.82) is 0 Å². The van der Waals surface area contributed by atoms with Gasteiger partial charge in [-0.05, 0) is 17.7 Å². The van der Waals surface area contributed by atoms with Gasteiger partial charge in [-0.1, -0.05) is 17.8 Å². The highest BCUT2D eigenvalue weighted by Gasteiger charge is 2.56. The van der Waals surface area contributed by atoms with Crippen molar-refractivity contribution in [2.24, 2.45) is 11.1 Å². The van der Waals surface area contributed by atoms with Crippen LogP contribution in [0, 0.1) is 5.92 Å². The monoisotopic (exact) mass is 968 g/mol. The third kappa shape index (κ3) is 16.2. The van der Waals surface area contributed by atoms with E-state index in [1.807, 2.05) is 0 Å². The minimum atomic E-state index is -3.92. The molecule has 1 saturated carbocycles. The molecule has 2 aliphatic rings. The van der Waals surface area contributed by atoms with E-state index >= 15 is 0 Å². The molecule has 5 rings (SSSR count). The topological polar surface area (TPSA) is 322 Å². The molecule has 3 atom stereocenters. The summed E-state index contributed by atoms with van der Waals surface area (Å²) in [7, 11) is -1.34. The summed E-state index contributed by atoms with van der Waals surface area (Å²) >= 11 is 2.42. The number of amides is 3. The quantitative estimate of drug-likeness (QED) is 0.0606. The van der Waals surface area contributed by atoms with Crippen LogP contribution in [0.1, 0.15) is 26.4 Å². The van der Waals surface area contributed by atoms with Gasteiger partial charge in [-0.15, -0.1) is 11.3 Å². The van der Waals surface area contributed by atoms with E-state index in [1.165, 1.54) is 48.3 Å². The first-order chi connectivity index (χ1) is 29.8. The van der Waals surface area contributed by atoms with E-state index < -0.39 is 67.7 Å². The highest BCUT2D eigenvalue weighted by molar-refractivity contribution is 8.00. The van der Waals surface area contributed by atoms with Gasteiger partial charge in [0, 0.05) is 69.2 Å². The highest BCUT2D eigenvalue weighted by Crippen LogP contribution is 2.46. The van der Waals surface area contributed by atoms with E-state index in [0.717, 1.165) is 11.3 Å². The van der Waals surface area contributed by atoms with E-state index in [-0.39, 0.29) is 47.4 Å². The molecular weight excluding hydrogens is 925 g/mol. The number of thioether (sulfide) groups is 1. The molecule has 0 radical (unpaired) electrons. The lowest BCUT2D eigenvalue weighted by atomic mass is 9.71. The average molecular weight is 969 g/mol. The van der Waals surface area contributed by atoms with Gasteiger partial charge in [0.2, 0.25) is 6.61 Å². The van der Waals surface area contributed by atoms with Gasteiger partial charge in [0.1, 0.15) is 22.9 Å². The molecule has 1 aliphatic carbocycles. The van der Waals surface area contributed by atoms with Crippen molar-refractivity contribution in [3.05, 3.63) is 95.1 Å². The molecule has 1 aliphatic heterocycles. The van der Waals surface area contributed by atoms with Gasteiger partial charge in [0.15, 0.2) is 41.4 Å². The zero-order valence-corrected chi connectivity index (χ0v) is 38.3. The average Bonchev–Trinajstić information content (AvgIpc) is 3.65. The van der Waals surface area contributed by atoms with Crippen molar-refractivity contribution in [2.45, 2.75) is 24.8 Å². The number of thiazole rings is 1. The van der Waals surface area contributed by atoms with Crippen LogP contribution in [-0.2, 0) is 67.2 Å². The molecule has 0 saturated heterocycles. The number of aromatic nitrogens is 3. The lowest BCUT2D eigenvalue weighted by Crippen LogP contribution is -2.66. The molecule has 0 spiro atoms. The third-order valence-electron chi connectivity index (χ3n) is 8.17. The molecule has 346 valence electrons. The molecule has 3 N–H and O–H groups in total. The van der Waals surface area contributed by atoms with Gasteiger partial charge < -0.3 is 44.3 Å². The first kappa shape index (κ1) is 52.2. The van der Waals surface area contributed by atoms with Crippen LogP contribution < -0.4 is 20.2 Å². The number of nitrogens with one attached hydrogen (secondary N) is 1. The van der Waals surface area contributed by atoms with Gasteiger partial charge in [-0.25, -0.2) is 31.4 Å². The highest BCUT2D eigenvalue weighted by atomic mass is 32.2. The van der Waals surface area contributed by atoms with Crippen LogP contribution in [0.3, 0.4) is 0 Å². The van der Waals surface area contributed by atoms with Crippen LogP contribution in [0.25, 0.3) is 0 Å². The minimum Gasteiger partial charge on any atom is -0.748 e. The van der Waals surface area contributed by atoms with Crippen molar-refractivity contribution < 1.29 is 78.2 Å². The third-order valence-corrected chi connectivity index (χ3v) is 10.3. The Hall–Kier alpha value is -6.13. The van der Waals surface area contributed by atoms with Crippen LogP contribution in [-0.4, -0.2) is 146 Å². The Labute approximate surface area is 376 Å². The first-order valence-electron chi connectivity index (χ1n) is 18.1. The van der Waals surface area contributed by atoms with Crippen molar-refractivity contribution >= 4 is 89.6 Å². The van der Waals surface area contributed by atoms with Crippen LogP contribution in [0.15, 0.2) is 83.4 Å². The fraction of sp³-hybridized carbons (Fsp3) is 0.351. The molecule has 0 bridgehead atoms. The van der Waals surface area contributed by atoms with Gasteiger partial charge >= 0.3 is 11.9 Å². The molecule has 27 heteroatoms. The number of nitrogens with zero attached hydrogens (tertiary/aromatic N) is 6. The number of hydrogen-bond acceptors (Lipinski definition) is 20. The summed E-state index contributed by atoms with van der Waals surface area (Å²) in [6.07, 6.45) is 9.04. The van der Waals surface area contributed by atoms with Crippen LogP contribution in [0.4, 0.5) is 5.13 Å². The van der Waals surface area contributed by atoms with Gasteiger partial charge in [-0.3, -0.25) is 19.2 Å². The number of fused-ring (bicyclic) bond motifs is 1. The van der Waals surface area contributed by atoms with E-state index in [0.29, 0.717) is 35.0 Å². The molecule has 23 nitrogen and oxygen atoms in total. The van der Waals surface area contributed by atoms with Gasteiger partial charge in [-0.2, -0.15) is 20.9 Å². The lowest BCUT2D eigenvalue weighted by molar-refractivity contribution is -0.727. The Balaban J connectivity index is 0.000000979. The summed E-state index contributed by atoms with van der Waals surface area (Å²) in [6, 6.07) is 5.56. The number of ether oxygens (including phenoxy) is 2. The van der Waals surface area contributed by atoms with Crippen LogP contribution >= 0.6 is 23.1 Å². The zero-order valence-electron chi connectivity index (χ0n) is 35.1. The predicted octanol–water partition coefficient (Wildman–Crippen LogP) is -1.57. The Morgan fingerprint density at radius 3 is 1.94 bits per heavy atom. The summed E-state index contributed by atoms with van der Waals surface area (Å²) < 4.78 is 68.3. The van der Waals surface area contributed by atoms with E-state index in [9.17, 15) is 28.8 Å². The standard InChI is InChI=1S/C35H37N8O9S2.2CH4O3S/c1-6-20-16-53-30-26(25(20)34(49)51-19-43-12-8-10-22(14-43)33(48)41(4)5)29(45)28(30)38-31(46)27(23-17-54-35(36)37-23)39-52-15-24(44)50-18-42-11-7-9-21(13-42)32(47)40(2)3;2*1-5(2,3)4/h6-14,17,26,28,30H,1,15-16,18-19H2,2-5H3,(H2-,36,37,38,46);2*1H3,(H,2,3,4)/q+1;;/p-1/b39-27+;;/t26?,28-,30+;;/m1../s1. The normalized spacial score (nSPS) is 16.8. The summed E-state index contributed by atoms with van der Waals surface area (Å²) in [4.78, 5) is 89.7. The number of nitrogen functional groups attached to an aromatic ring is 1. The second kappa shape index (κ2) is 23.0. The number of Topliss-reactive ketones (excluding diaryl/α,β-unsaturated/α-hetero) is 1. The number of carbonyl (C=O) groups is 6. The maximum absolute atomic E-state index is 13.6. The number of hydrogen-bond donors (Lipinski definition) is 2. The largest absolute Gasteiger partial charge is 0.748 e. The van der Waals surface area contributed by atoms with Crippen molar-refractivity contribution in [2.75, 3.05) is 58.8 Å².